The number of aromatic nitrogens is 1. The minimum absolute atomic E-state index is 0.123. The van der Waals surface area contributed by atoms with Crippen molar-refractivity contribution in [1.82, 2.24) is 5.16 Å². The fraction of sp³-hybridized carbons (Fsp3) is 0.400. The number of hydrogen-bond donors (Lipinski definition) is 1. The molecule has 2 aromatic rings. The largest absolute Gasteiger partial charge is 0.367 e. The molecule has 20 heavy (non-hydrogen) atoms. The van der Waals surface area contributed by atoms with E-state index in [-0.39, 0.29) is 16.9 Å². The van der Waals surface area contributed by atoms with Gasteiger partial charge in [-0.05, 0) is 25.0 Å². The van der Waals surface area contributed by atoms with Crippen LogP contribution in [0.1, 0.15) is 38.3 Å². The molecule has 3 rings (SSSR count). The Balaban J connectivity index is 2.22. The van der Waals surface area contributed by atoms with Gasteiger partial charge in [-0.15, -0.1) is 0 Å². The molecular formula is C15H16ClFN2O. The van der Waals surface area contributed by atoms with Crippen LogP contribution < -0.4 is 5.73 Å². The first kappa shape index (κ1) is 13.4. The Bertz CT molecular complexity index is 627. The molecule has 3 nitrogen and oxygen atoms in total. The lowest BCUT2D eigenvalue weighted by atomic mass is 9.81. The van der Waals surface area contributed by atoms with Crippen LogP contribution in [0.2, 0.25) is 5.02 Å². The number of anilines is 1. The molecule has 1 saturated carbocycles. The normalized spacial score (nSPS) is 17.6. The van der Waals surface area contributed by atoms with Crippen LogP contribution in [-0.4, -0.2) is 5.16 Å². The van der Waals surface area contributed by atoms with Gasteiger partial charge in [0, 0.05) is 11.0 Å². The van der Waals surface area contributed by atoms with E-state index in [2.05, 4.69) is 12.1 Å². The molecule has 2 N–H and O–H groups in total. The lowest BCUT2D eigenvalue weighted by Crippen LogP contribution is -2.18. The lowest BCUT2D eigenvalue weighted by molar-refractivity contribution is 0.386. The Morgan fingerprint density at radius 3 is 2.65 bits per heavy atom. The van der Waals surface area contributed by atoms with E-state index in [4.69, 9.17) is 21.9 Å². The fourth-order valence-corrected chi connectivity index (χ4v) is 3.34. The second kappa shape index (κ2) is 4.77. The maximum Gasteiger partial charge on any atom is 0.230 e. The number of hydrogen-bond acceptors (Lipinski definition) is 3. The second-order valence-corrected chi connectivity index (χ2v) is 6.04. The SMILES string of the molecule is CC1(c2noc(N)c2-c2c(F)cccc2Cl)CCCC1. The van der Waals surface area contributed by atoms with Gasteiger partial charge in [0.1, 0.15) is 5.82 Å². The van der Waals surface area contributed by atoms with Crippen molar-refractivity contribution in [2.45, 2.75) is 38.0 Å². The Labute approximate surface area is 121 Å². The third-order valence-corrected chi connectivity index (χ3v) is 4.53. The molecule has 106 valence electrons. The molecule has 0 unspecified atom stereocenters. The van der Waals surface area contributed by atoms with Crippen molar-refractivity contribution in [3.63, 3.8) is 0 Å². The minimum Gasteiger partial charge on any atom is -0.367 e. The quantitative estimate of drug-likeness (QED) is 0.884. The molecule has 0 atom stereocenters. The number of nitrogen functional groups attached to an aromatic ring is 1. The zero-order valence-electron chi connectivity index (χ0n) is 11.2. The third kappa shape index (κ3) is 1.99. The van der Waals surface area contributed by atoms with E-state index in [1.807, 2.05) is 0 Å². The highest BCUT2D eigenvalue weighted by atomic mass is 35.5. The average Bonchev–Trinajstić information content (AvgIpc) is 2.98. The first-order valence-electron chi connectivity index (χ1n) is 6.73. The molecule has 0 bridgehead atoms. The zero-order chi connectivity index (χ0) is 14.3. The summed E-state index contributed by atoms with van der Waals surface area (Å²) >= 11 is 6.15. The highest BCUT2D eigenvalue weighted by Crippen LogP contribution is 2.47. The van der Waals surface area contributed by atoms with Crippen LogP contribution in [0, 0.1) is 5.82 Å². The van der Waals surface area contributed by atoms with Crippen LogP contribution >= 0.6 is 11.6 Å². The van der Waals surface area contributed by atoms with E-state index in [1.165, 1.54) is 6.07 Å². The smallest absolute Gasteiger partial charge is 0.230 e. The van der Waals surface area contributed by atoms with Gasteiger partial charge in [-0.2, -0.15) is 0 Å². The molecular weight excluding hydrogens is 279 g/mol. The molecule has 1 aromatic carbocycles. The predicted octanol–water partition coefficient (Wildman–Crippen LogP) is 4.55. The van der Waals surface area contributed by atoms with Crippen molar-refractivity contribution in [2.75, 3.05) is 5.73 Å². The molecule has 0 amide bonds. The van der Waals surface area contributed by atoms with Crippen molar-refractivity contribution in [3.05, 3.63) is 34.7 Å². The summed E-state index contributed by atoms with van der Waals surface area (Å²) < 4.78 is 19.3. The summed E-state index contributed by atoms with van der Waals surface area (Å²) in [6, 6.07) is 4.59. The summed E-state index contributed by atoms with van der Waals surface area (Å²) in [7, 11) is 0. The van der Waals surface area contributed by atoms with E-state index in [0.29, 0.717) is 10.6 Å². The van der Waals surface area contributed by atoms with Gasteiger partial charge in [-0.3, -0.25) is 0 Å². The Morgan fingerprint density at radius 2 is 2.00 bits per heavy atom. The number of nitrogens with two attached hydrogens (primary N) is 1. The van der Waals surface area contributed by atoms with Crippen molar-refractivity contribution in [2.24, 2.45) is 0 Å². The van der Waals surface area contributed by atoms with Crippen molar-refractivity contribution in [1.29, 1.82) is 0 Å². The summed E-state index contributed by atoms with van der Waals surface area (Å²) in [6.45, 7) is 2.12. The van der Waals surface area contributed by atoms with Crippen LogP contribution in [0.25, 0.3) is 11.1 Å². The van der Waals surface area contributed by atoms with Crippen molar-refractivity contribution < 1.29 is 8.91 Å². The molecule has 0 aliphatic heterocycles. The summed E-state index contributed by atoms with van der Waals surface area (Å²) in [5, 5.41) is 4.42. The molecule has 1 fully saturated rings. The van der Waals surface area contributed by atoms with Crippen LogP contribution in [0.4, 0.5) is 10.3 Å². The van der Waals surface area contributed by atoms with Gasteiger partial charge in [0.05, 0.1) is 16.3 Å². The monoisotopic (exact) mass is 294 g/mol. The number of rotatable bonds is 2. The van der Waals surface area contributed by atoms with Gasteiger partial charge in [0.25, 0.3) is 0 Å². The topological polar surface area (TPSA) is 52.0 Å². The first-order chi connectivity index (χ1) is 9.53. The van der Waals surface area contributed by atoms with Gasteiger partial charge in [-0.25, -0.2) is 4.39 Å². The molecule has 5 heteroatoms. The van der Waals surface area contributed by atoms with E-state index in [9.17, 15) is 4.39 Å². The van der Waals surface area contributed by atoms with E-state index >= 15 is 0 Å². The Hall–Kier alpha value is -1.55. The van der Waals surface area contributed by atoms with Gasteiger partial charge < -0.3 is 10.3 Å². The molecule has 1 aliphatic carbocycles. The maximum atomic E-state index is 14.2. The van der Waals surface area contributed by atoms with Crippen LogP contribution in [0.15, 0.2) is 22.7 Å². The molecule has 1 aliphatic rings. The summed E-state index contributed by atoms with van der Waals surface area (Å²) in [5.41, 5.74) is 7.28. The second-order valence-electron chi connectivity index (χ2n) is 5.63. The van der Waals surface area contributed by atoms with Crippen LogP contribution in [-0.2, 0) is 5.41 Å². The maximum absolute atomic E-state index is 14.2. The number of nitrogens with zero attached hydrogens (tertiary/aromatic N) is 1. The van der Waals surface area contributed by atoms with E-state index in [0.717, 1.165) is 31.4 Å². The van der Waals surface area contributed by atoms with E-state index in [1.54, 1.807) is 12.1 Å². The van der Waals surface area contributed by atoms with Crippen molar-refractivity contribution in [3.8, 4) is 11.1 Å². The molecule has 0 saturated heterocycles. The molecule has 1 heterocycles. The fourth-order valence-electron chi connectivity index (χ4n) is 3.09. The Morgan fingerprint density at radius 1 is 1.30 bits per heavy atom. The van der Waals surface area contributed by atoms with Crippen molar-refractivity contribution >= 4 is 17.5 Å². The average molecular weight is 295 g/mol. The molecule has 1 aromatic heterocycles. The minimum atomic E-state index is -0.407. The summed E-state index contributed by atoms with van der Waals surface area (Å²) in [4.78, 5) is 0. The third-order valence-electron chi connectivity index (χ3n) is 4.21. The summed E-state index contributed by atoms with van der Waals surface area (Å²) in [6.07, 6.45) is 4.26. The van der Waals surface area contributed by atoms with E-state index < -0.39 is 5.82 Å². The highest BCUT2D eigenvalue weighted by molar-refractivity contribution is 6.33. The number of halogens is 2. The predicted molar refractivity (Wildman–Crippen MR) is 77.1 cm³/mol. The summed E-state index contributed by atoms with van der Waals surface area (Å²) in [5.74, 6) is -0.282. The first-order valence-corrected chi connectivity index (χ1v) is 7.11. The van der Waals surface area contributed by atoms with Gasteiger partial charge in [-0.1, -0.05) is 42.6 Å². The molecule has 0 radical (unpaired) electrons. The number of benzene rings is 1. The van der Waals surface area contributed by atoms with Crippen LogP contribution in [0.3, 0.4) is 0 Å². The lowest BCUT2D eigenvalue weighted by Gasteiger charge is -2.22. The Kier molecular flexibility index (Phi) is 3.21. The van der Waals surface area contributed by atoms with Gasteiger partial charge >= 0.3 is 0 Å². The molecule has 0 spiro atoms. The van der Waals surface area contributed by atoms with Crippen LogP contribution in [0.5, 0.6) is 0 Å². The standard InChI is InChI=1S/C15H16ClFN2O/c1-15(7-2-3-8-15)13-12(14(18)20-19-13)11-9(16)5-4-6-10(11)17/h4-6H,2-3,7-8,18H2,1H3. The van der Waals surface area contributed by atoms with Gasteiger partial charge in [0.15, 0.2) is 0 Å². The zero-order valence-corrected chi connectivity index (χ0v) is 12.0. The van der Waals surface area contributed by atoms with Gasteiger partial charge in [0.2, 0.25) is 5.88 Å². The highest BCUT2D eigenvalue weighted by Gasteiger charge is 2.38.